The van der Waals surface area contributed by atoms with Crippen LogP contribution in [-0.2, 0) is 19.5 Å². The molecule has 0 fully saturated rings. The number of urea groups is 1. The lowest BCUT2D eigenvalue weighted by atomic mass is 10.0. The Morgan fingerprint density at radius 1 is 1.42 bits per heavy atom. The van der Waals surface area contributed by atoms with Gasteiger partial charge < -0.3 is 19.5 Å². The maximum Gasteiger partial charge on any atom is 0.317 e. The first-order valence-electron chi connectivity index (χ1n) is 8.32. The number of carbonyl (C=O) groups excluding carboxylic acids is 1. The molecule has 0 bridgehead atoms. The Labute approximate surface area is 142 Å². The van der Waals surface area contributed by atoms with Crippen LogP contribution >= 0.6 is 0 Å². The van der Waals surface area contributed by atoms with Gasteiger partial charge in [-0.15, -0.1) is 0 Å². The number of methoxy groups -OCH3 is 1. The van der Waals surface area contributed by atoms with Crippen molar-refractivity contribution >= 4 is 6.03 Å². The summed E-state index contributed by atoms with van der Waals surface area (Å²) in [6, 6.07) is 6.14. The molecule has 24 heavy (non-hydrogen) atoms. The highest BCUT2D eigenvalue weighted by Crippen LogP contribution is 2.23. The van der Waals surface area contributed by atoms with Gasteiger partial charge in [0.25, 0.3) is 0 Å². The molecule has 1 aliphatic heterocycles. The van der Waals surface area contributed by atoms with Gasteiger partial charge in [-0.25, -0.2) is 9.78 Å². The summed E-state index contributed by atoms with van der Waals surface area (Å²) in [5, 5.41) is 3.08. The summed E-state index contributed by atoms with van der Waals surface area (Å²) >= 11 is 0. The van der Waals surface area contributed by atoms with Gasteiger partial charge in [-0.1, -0.05) is 6.07 Å². The molecule has 1 aromatic carbocycles. The molecule has 1 atom stereocenters. The van der Waals surface area contributed by atoms with Crippen LogP contribution in [0.2, 0.25) is 0 Å². The molecular weight excluding hydrogens is 304 g/mol. The van der Waals surface area contributed by atoms with Gasteiger partial charge in [0.2, 0.25) is 0 Å². The Kier molecular flexibility index (Phi) is 5.03. The van der Waals surface area contributed by atoms with Crippen molar-refractivity contribution in [1.82, 2.24) is 19.8 Å². The molecule has 0 radical (unpaired) electrons. The van der Waals surface area contributed by atoms with E-state index >= 15 is 0 Å². The predicted molar refractivity (Wildman–Crippen MR) is 91.9 cm³/mol. The second kappa shape index (κ2) is 7.38. The number of hydrogen-bond acceptors (Lipinski definition) is 3. The summed E-state index contributed by atoms with van der Waals surface area (Å²) in [5.41, 5.74) is 2.47. The van der Waals surface area contributed by atoms with Gasteiger partial charge >= 0.3 is 6.03 Å². The molecule has 6 nitrogen and oxygen atoms in total. The molecule has 3 rings (SSSR count). The van der Waals surface area contributed by atoms with E-state index in [1.54, 1.807) is 19.6 Å². The van der Waals surface area contributed by atoms with Crippen molar-refractivity contribution in [2.24, 2.45) is 0 Å². The lowest BCUT2D eigenvalue weighted by Gasteiger charge is -2.24. The molecule has 0 aliphatic carbocycles. The number of aromatic nitrogens is 2. The zero-order valence-electron chi connectivity index (χ0n) is 14.2. The van der Waals surface area contributed by atoms with Gasteiger partial charge in [0, 0.05) is 38.1 Å². The third-order valence-electron chi connectivity index (χ3n) is 4.35. The van der Waals surface area contributed by atoms with E-state index < -0.39 is 0 Å². The van der Waals surface area contributed by atoms with Crippen LogP contribution in [0, 0.1) is 0 Å². The molecule has 1 aliphatic rings. The highest BCUT2D eigenvalue weighted by atomic mass is 16.5. The van der Waals surface area contributed by atoms with Crippen molar-refractivity contribution in [3.63, 3.8) is 0 Å². The molecule has 0 spiro atoms. The highest BCUT2D eigenvalue weighted by Gasteiger charge is 2.20. The SMILES string of the molecule is COc1ccc2c(c1)CCCN(C(=O)N[C@@H](C)Cn1ccnc1)C2. The molecule has 1 N–H and O–H groups in total. The number of nitrogens with one attached hydrogen (secondary N) is 1. The summed E-state index contributed by atoms with van der Waals surface area (Å²) in [7, 11) is 1.68. The maximum absolute atomic E-state index is 12.6. The van der Waals surface area contributed by atoms with Crippen molar-refractivity contribution < 1.29 is 9.53 Å². The lowest BCUT2D eigenvalue weighted by Crippen LogP contribution is -2.44. The first-order chi connectivity index (χ1) is 11.7. The monoisotopic (exact) mass is 328 g/mol. The second-order valence-electron chi connectivity index (χ2n) is 6.27. The van der Waals surface area contributed by atoms with E-state index in [1.807, 2.05) is 28.7 Å². The first kappa shape index (κ1) is 16.4. The minimum Gasteiger partial charge on any atom is -0.497 e. The molecule has 2 aromatic rings. The first-order valence-corrected chi connectivity index (χ1v) is 8.32. The molecule has 1 aromatic heterocycles. The Morgan fingerprint density at radius 2 is 2.29 bits per heavy atom. The number of benzene rings is 1. The van der Waals surface area contributed by atoms with Gasteiger partial charge in [-0.3, -0.25) is 0 Å². The standard InChI is InChI=1S/C18H24N4O2/c1-14(11-21-9-7-19-13-21)20-18(23)22-8-3-4-15-10-17(24-2)6-5-16(15)12-22/h5-7,9-10,13-14H,3-4,8,11-12H2,1-2H3,(H,20,23)/t14-/m0/s1. The average molecular weight is 328 g/mol. The van der Waals surface area contributed by atoms with Crippen LogP contribution in [-0.4, -0.2) is 40.2 Å². The molecule has 6 heteroatoms. The van der Waals surface area contributed by atoms with E-state index in [1.165, 1.54) is 11.1 Å². The fraction of sp³-hybridized carbons (Fsp3) is 0.444. The normalized spacial score (nSPS) is 15.3. The number of fused-ring (bicyclic) bond motifs is 1. The number of amides is 2. The second-order valence-corrected chi connectivity index (χ2v) is 6.27. The van der Waals surface area contributed by atoms with E-state index in [0.717, 1.165) is 25.1 Å². The van der Waals surface area contributed by atoms with E-state index in [4.69, 9.17) is 4.74 Å². The summed E-state index contributed by atoms with van der Waals surface area (Å²) in [5.74, 6) is 0.876. The Morgan fingerprint density at radius 3 is 3.04 bits per heavy atom. The number of imidazole rings is 1. The topological polar surface area (TPSA) is 59.4 Å². The minimum atomic E-state index is -0.00807. The third kappa shape index (κ3) is 3.88. The van der Waals surface area contributed by atoms with Crippen LogP contribution in [0.4, 0.5) is 4.79 Å². The van der Waals surface area contributed by atoms with Crippen LogP contribution in [0.5, 0.6) is 5.75 Å². The molecule has 0 unspecified atom stereocenters. The van der Waals surface area contributed by atoms with Crippen molar-refractivity contribution in [2.45, 2.75) is 38.9 Å². The van der Waals surface area contributed by atoms with Crippen LogP contribution in [0.1, 0.15) is 24.5 Å². The van der Waals surface area contributed by atoms with Crippen molar-refractivity contribution in [3.05, 3.63) is 48.0 Å². The van der Waals surface area contributed by atoms with Crippen LogP contribution < -0.4 is 10.1 Å². The molecule has 0 saturated heterocycles. The summed E-state index contributed by atoms with van der Waals surface area (Å²) in [4.78, 5) is 18.5. The van der Waals surface area contributed by atoms with Gasteiger partial charge in [0.05, 0.1) is 13.4 Å². The van der Waals surface area contributed by atoms with Gasteiger partial charge in [-0.2, -0.15) is 0 Å². The smallest absolute Gasteiger partial charge is 0.317 e. The van der Waals surface area contributed by atoms with Crippen LogP contribution in [0.3, 0.4) is 0 Å². The van der Waals surface area contributed by atoms with Gasteiger partial charge in [0.1, 0.15) is 5.75 Å². The summed E-state index contributed by atoms with van der Waals surface area (Å²) in [6.07, 6.45) is 7.34. The zero-order chi connectivity index (χ0) is 16.9. The predicted octanol–water partition coefficient (Wildman–Crippen LogP) is 2.44. The number of carbonyl (C=O) groups is 1. The van der Waals surface area contributed by atoms with Crippen molar-refractivity contribution in [2.75, 3.05) is 13.7 Å². The van der Waals surface area contributed by atoms with E-state index in [-0.39, 0.29) is 12.1 Å². The van der Waals surface area contributed by atoms with Gasteiger partial charge in [-0.05, 0) is 43.0 Å². The number of aryl methyl sites for hydroxylation is 1. The van der Waals surface area contributed by atoms with Crippen molar-refractivity contribution in [3.8, 4) is 5.75 Å². The average Bonchev–Trinajstić information content (AvgIpc) is 2.97. The quantitative estimate of drug-likeness (QED) is 0.938. The number of ether oxygens (including phenoxy) is 1. The molecule has 0 saturated carbocycles. The molecular formula is C18H24N4O2. The lowest BCUT2D eigenvalue weighted by molar-refractivity contribution is 0.191. The fourth-order valence-corrected chi connectivity index (χ4v) is 3.09. The minimum absolute atomic E-state index is 0.00807. The summed E-state index contributed by atoms with van der Waals surface area (Å²) < 4.78 is 7.26. The van der Waals surface area contributed by atoms with Crippen LogP contribution in [0.25, 0.3) is 0 Å². The Hall–Kier alpha value is -2.50. The fourth-order valence-electron chi connectivity index (χ4n) is 3.09. The summed E-state index contributed by atoms with van der Waals surface area (Å²) in [6.45, 7) is 4.13. The van der Waals surface area contributed by atoms with Crippen LogP contribution in [0.15, 0.2) is 36.9 Å². The van der Waals surface area contributed by atoms with Crippen molar-refractivity contribution in [1.29, 1.82) is 0 Å². The highest BCUT2D eigenvalue weighted by molar-refractivity contribution is 5.74. The van der Waals surface area contributed by atoms with E-state index in [2.05, 4.69) is 22.4 Å². The van der Waals surface area contributed by atoms with E-state index in [9.17, 15) is 4.79 Å². The number of rotatable bonds is 4. The molecule has 128 valence electrons. The maximum atomic E-state index is 12.6. The Bertz CT molecular complexity index is 684. The number of hydrogen-bond donors (Lipinski definition) is 1. The molecule has 2 amide bonds. The van der Waals surface area contributed by atoms with E-state index in [0.29, 0.717) is 13.1 Å². The molecule has 2 heterocycles. The third-order valence-corrected chi connectivity index (χ3v) is 4.35. The zero-order valence-corrected chi connectivity index (χ0v) is 14.2. The number of nitrogens with zero attached hydrogens (tertiary/aromatic N) is 3. The largest absolute Gasteiger partial charge is 0.497 e. The Balaban J connectivity index is 1.62. The van der Waals surface area contributed by atoms with Gasteiger partial charge in [0.15, 0.2) is 0 Å².